The Kier molecular flexibility index (Phi) is 3.67. The van der Waals surface area contributed by atoms with Crippen molar-refractivity contribution < 1.29 is 14.0 Å². The number of benzene rings is 1. The molecule has 0 aliphatic carbocycles. The number of fused-ring (bicyclic) bond motifs is 5. The summed E-state index contributed by atoms with van der Waals surface area (Å²) in [5.41, 5.74) is 3.87. The first-order chi connectivity index (χ1) is 13.4. The van der Waals surface area contributed by atoms with E-state index in [4.69, 9.17) is 14.0 Å². The Morgan fingerprint density at radius 2 is 1.46 bits per heavy atom. The summed E-state index contributed by atoms with van der Waals surface area (Å²) in [6, 6.07) is 13.9. The van der Waals surface area contributed by atoms with Crippen molar-refractivity contribution in [2.75, 3.05) is 0 Å². The monoisotopic (exact) mass is 372 g/mol. The molecule has 0 radical (unpaired) electrons. The summed E-state index contributed by atoms with van der Waals surface area (Å²) in [6.45, 7) is 8.23. The zero-order chi connectivity index (χ0) is 19.5. The minimum absolute atomic E-state index is 0.388. The van der Waals surface area contributed by atoms with Crippen molar-refractivity contribution in [1.82, 2.24) is 9.97 Å². The van der Waals surface area contributed by atoms with Crippen molar-refractivity contribution in [3.8, 4) is 34.0 Å². The smallest absolute Gasteiger partial charge is 0.438 e. The van der Waals surface area contributed by atoms with Crippen molar-refractivity contribution >= 4 is 12.6 Å². The van der Waals surface area contributed by atoms with Gasteiger partial charge in [-0.2, -0.15) is 0 Å². The van der Waals surface area contributed by atoms with Gasteiger partial charge in [-0.25, -0.2) is 4.98 Å². The van der Waals surface area contributed by atoms with Gasteiger partial charge < -0.3 is 14.0 Å². The zero-order valence-corrected chi connectivity index (χ0v) is 16.4. The first-order valence-electron chi connectivity index (χ1n) is 9.44. The van der Waals surface area contributed by atoms with Crippen LogP contribution in [0.25, 0.3) is 22.4 Å². The van der Waals surface area contributed by atoms with Crippen molar-refractivity contribution in [3.05, 3.63) is 54.9 Å². The Morgan fingerprint density at radius 3 is 2.21 bits per heavy atom. The Bertz CT molecular complexity index is 1060. The van der Waals surface area contributed by atoms with Gasteiger partial charge in [-0.1, -0.05) is 18.2 Å². The fourth-order valence-corrected chi connectivity index (χ4v) is 3.57. The summed E-state index contributed by atoms with van der Waals surface area (Å²) in [6.07, 6.45) is 3.52. The van der Waals surface area contributed by atoms with Gasteiger partial charge in [-0.05, 0) is 57.4 Å². The van der Waals surface area contributed by atoms with E-state index in [1.165, 1.54) is 0 Å². The molecule has 5 rings (SSSR count). The molecule has 1 saturated heterocycles. The van der Waals surface area contributed by atoms with Gasteiger partial charge in [0.2, 0.25) is 5.88 Å². The Balaban J connectivity index is 1.65. The van der Waals surface area contributed by atoms with Gasteiger partial charge in [0.1, 0.15) is 5.75 Å². The van der Waals surface area contributed by atoms with E-state index in [0.29, 0.717) is 5.88 Å². The minimum Gasteiger partial charge on any atom is -0.438 e. The summed E-state index contributed by atoms with van der Waals surface area (Å²) < 4.78 is 18.6. The van der Waals surface area contributed by atoms with E-state index in [1.807, 2.05) is 30.3 Å². The number of hydrogen-bond donors (Lipinski definition) is 0. The number of hydrogen-bond acceptors (Lipinski definition) is 5. The van der Waals surface area contributed by atoms with E-state index < -0.39 is 7.12 Å². The topological polar surface area (TPSA) is 53.5 Å². The molecule has 0 unspecified atom stereocenters. The maximum atomic E-state index is 6.23. The second-order valence-electron chi connectivity index (χ2n) is 8.20. The van der Waals surface area contributed by atoms with Crippen LogP contribution in [-0.2, 0) is 9.31 Å². The number of nitrogens with zero attached hydrogens (tertiary/aromatic N) is 2. The molecule has 2 aromatic heterocycles. The van der Waals surface area contributed by atoms with Crippen molar-refractivity contribution in [1.29, 1.82) is 0 Å². The Labute approximate surface area is 164 Å². The van der Waals surface area contributed by atoms with Crippen LogP contribution in [0.4, 0.5) is 0 Å². The van der Waals surface area contributed by atoms with Crippen molar-refractivity contribution in [2.45, 2.75) is 38.9 Å². The first-order valence-corrected chi connectivity index (χ1v) is 9.44. The first kappa shape index (κ1) is 17.4. The molecule has 6 heteroatoms. The van der Waals surface area contributed by atoms with Crippen LogP contribution >= 0.6 is 0 Å². The molecule has 4 heterocycles. The molecule has 2 aliphatic heterocycles. The van der Waals surface area contributed by atoms with E-state index in [0.717, 1.165) is 33.6 Å². The van der Waals surface area contributed by atoms with Crippen LogP contribution < -0.4 is 10.2 Å². The third-order valence-electron chi connectivity index (χ3n) is 5.86. The van der Waals surface area contributed by atoms with E-state index >= 15 is 0 Å². The van der Waals surface area contributed by atoms with Crippen LogP contribution in [0.5, 0.6) is 11.6 Å². The average Bonchev–Trinajstić information content (AvgIpc) is 2.82. The van der Waals surface area contributed by atoms with Crippen LogP contribution in [0.1, 0.15) is 27.7 Å². The largest absolute Gasteiger partial charge is 0.494 e. The van der Waals surface area contributed by atoms with Gasteiger partial charge in [0.25, 0.3) is 0 Å². The fraction of sp³-hybridized carbons (Fsp3) is 0.273. The second kappa shape index (κ2) is 5.90. The third kappa shape index (κ3) is 2.56. The molecule has 0 N–H and O–H groups in total. The van der Waals surface area contributed by atoms with Crippen LogP contribution in [0.2, 0.25) is 0 Å². The summed E-state index contributed by atoms with van der Waals surface area (Å²) in [5.74, 6) is 1.30. The lowest BCUT2D eigenvalue weighted by Crippen LogP contribution is -2.41. The maximum Gasteiger partial charge on any atom is 0.494 e. The van der Waals surface area contributed by atoms with Crippen LogP contribution in [0.15, 0.2) is 54.9 Å². The molecule has 2 aliphatic rings. The molecule has 3 aromatic rings. The molecule has 1 fully saturated rings. The van der Waals surface area contributed by atoms with Gasteiger partial charge >= 0.3 is 7.12 Å². The molecule has 1 aromatic carbocycles. The highest BCUT2D eigenvalue weighted by Gasteiger charge is 2.51. The summed E-state index contributed by atoms with van der Waals surface area (Å²) in [5, 5.41) is 0. The molecule has 5 nitrogen and oxygen atoms in total. The fourth-order valence-electron chi connectivity index (χ4n) is 3.57. The number of pyridine rings is 2. The van der Waals surface area contributed by atoms with Gasteiger partial charge in [0, 0.05) is 23.5 Å². The molecule has 0 spiro atoms. The van der Waals surface area contributed by atoms with Crippen molar-refractivity contribution in [2.24, 2.45) is 0 Å². The lowest BCUT2D eigenvalue weighted by atomic mass is 9.77. The lowest BCUT2D eigenvalue weighted by molar-refractivity contribution is 0.00578. The molecule has 28 heavy (non-hydrogen) atoms. The van der Waals surface area contributed by atoms with E-state index in [2.05, 4.69) is 49.8 Å². The van der Waals surface area contributed by atoms with E-state index in [-0.39, 0.29) is 11.2 Å². The summed E-state index contributed by atoms with van der Waals surface area (Å²) >= 11 is 0. The lowest BCUT2D eigenvalue weighted by Gasteiger charge is -2.32. The highest BCUT2D eigenvalue weighted by atomic mass is 16.7. The number of rotatable bonds is 1. The Hall–Kier alpha value is -2.70. The summed E-state index contributed by atoms with van der Waals surface area (Å²) in [7, 11) is -0.431. The predicted octanol–water partition coefficient (Wildman–Crippen LogP) is 4.22. The number of aromatic nitrogens is 2. The molecule has 0 bridgehead atoms. The van der Waals surface area contributed by atoms with Crippen LogP contribution in [0.3, 0.4) is 0 Å². The van der Waals surface area contributed by atoms with Gasteiger partial charge in [0.15, 0.2) is 0 Å². The molecular formula is C22H21BN2O3. The predicted molar refractivity (Wildman–Crippen MR) is 109 cm³/mol. The third-order valence-corrected chi connectivity index (χ3v) is 5.86. The van der Waals surface area contributed by atoms with Gasteiger partial charge in [-0.15, -0.1) is 0 Å². The molecular weight excluding hydrogens is 351 g/mol. The molecule has 0 amide bonds. The van der Waals surface area contributed by atoms with Crippen LogP contribution in [0, 0.1) is 0 Å². The van der Waals surface area contributed by atoms with Crippen molar-refractivity contribution in [3.63, 3.8) is 0 Å². The Morgan fingerprint density at radius 1 is 0.786 bits per heavy atom. The van der Waals surface area contributed by atoms with Crippen LogP contribution in [-0.4, -0.2) is 28.3 Å². The molecule has 0 atom stereocenters. The highest BCUT2D eigenvalue weighted by Crippen LogP contribution is 2.44. The van der Waals surface area contributed by atoms with Gasteiger partial charge in [-0.3, -0.25) is 4.98 Å². The van der Waals surface area contributed by atoms with Gasteiger partial charge in [0.05, 0.1) is 22.5 Å². The summed E-state index contributed by atoms with van der Waals surface area (Å²) in [4.78, 5) is 9.01. The highest BCUT2D eigenvalue weighted by molar-refractivity contribution is 6.62. The maximum absolute atomic E-state index is 6.23. The SMILES string of the molecule is CC1(C)OB(c2ccc3c(c2)-c2cccnc2-c2cccnc2O3)OC1(C)C. The van der Waals surface area contributed by atoms with E-state index in [9.17, 15) is 0 Å². The number of ether oxygens (including phenoxy) is 1. The van der Waals surface area contributed by atoms with E-state index in [1.54, 1.807) is 12.4 Å². The molecule has 140 valence electrons. The zero-order valence-electron chi connectivity index (χ0n) is 16.4. The molecule has 0 saturated carbocycles. The quantitative estimate of drug-likeness (QED) is 0.469. The standard InChI is InChI=1S/C22H21BN2O3/c1-21(2)22(3,4)28-23(27-21)14-9-10-18-17(13-14)15-7-5-11-24-19(15)16-8-6-12-25-20(16)26-18/h5-13H,1-4H3. The second-order valence-corrected chi connectivity index (χ2v) is 8.20. The normalized spacial score (nSPS) is 18.5. The average molecular weight is 372 g/mol. The minimum atomic E-state index is -0.431.